The number of hydrogen-bond donors (Lipinski definition) is 1. The minimum Gasteiger partial charge on any atom is -0.324 e. The Labute approximate surface area is 180 Å². The average molecular weight is 435 g/mol. The maximum atomic E-state index is 12.4. The van der Waals surface area contributed by atoms with Gasteiger partial charge in [0.05, 0.1) is 21.5 Å². The third-order valence-electron chi connectivity index (χ3n) is 4.67. The van der Waals surface area contributed by atoms with Gasteiger partial charge in [0.2, 0.25) is 11.1 Å². The van der Waals surface area contributed by atoms with E-state index in [0.29, 0.717) is 10.3 Å². The molecule has 30 heavy (non-hydrogen) atoms. The van der Waals surface area contributed by atoms with Crippen LogP contribution in [0.1, 0.15) is 13.3 Å². The van der Waals surface area contributed by atoms with Gasteiger partial charge in [-0.1, -0.05) is 60.4 Å². The van der Waals surface area contributed by atoms with Crippen LogP contribution in [-0.2, 0) is 11.3 Å². The number of para-hydroxylation sites is 2. The number of rotatable bonds is 6. The summed E-state index contributed by atoms with van der Waals surface area (Å²) in [6.45, 7) is 2.99. The van der Waals surface area contributed by atoms with Crippen LogP contribution in [-0.4, -0.2) is 36.4 Å². The summed E-state index contributed by atoms with van der Waals surface area (Å²) in [5.41, 5.74) is 3.59. The number of amides is 1. The molecule has 0 radical (unpaired) electrons. The molecule has 0 aliphatic carbocycles. The SMILES string of the molecule is CCCn1c2ccccc2c2nnc(SCC(=O)Nc3nc4ccccc4s3)nc21. The third kappa shape index (κ3) is 3.50. The van der Waals surface area contributed by atoms with E-state index in [1.54, 1.807) is 0 Å². The number of nitrogens with one attached hydrogen (secondary N) is 1. The van der Waals surface area contributed by atoms with Crippen LogP contribution in [0.5, 0.6) is 0 Å². The Bertz CT molecular complexity index is 1340. The second-order valence-electron chi connectivity index (χ2n) is 6.76. The number of aryl methyl sites for hydroxylation is 1. The van der Waals surface area contributed by atoms with Crippen molar-refractivity contribution in [2.75, 3.05) is 11.1 Å². The van der Waals surface area contributed by atoms with Crippen molar-refractivity contribution in [3.8, 4) is 0 Å². The first kappa shape index (κ1) is 19.0. The monoisotopic (exact) mass is 434 g/mol. The predicted molar refractivity (Wildman–Crippen MR) is 122 cm³/mol. The molecule has 0 spiro atoms. The summed E-state index contributed by atoms with van der Waals surface area (Å²) in [6, 6.07) is 15.9. The Morgan fingerprint density at radius 3 is 2.80 bits per heavy atom. The number of carbonyl (C=O) groups is 1. The second-order valence-corrected chi connectivity index (χ2v) is 8.73. The minimum atomic E-state index is -0.142. The Kier molecular flexibility index (Phi) is 5.06. The fourth-order valence-electron chi connectivity index (χ4n) is 3.41. The lowest BCUT2D eigenvalue weighted by Gasteiger charge is -2.04. The summed E-state index contributed by atoms with van der Waals surface area (Å²) >= 11 is 2.73. The molecule has 2 aromatic carbocycles. The Hall–Kier alpha value is -3.04. The van der Waals surface area contributed by atoms with Gasteiger partial charge in [0, 0.05) is 11.9 Å². The molecule has 0 unspecified atom stereocenters. The van der Waals surface area contributed by atoms with E-state index in [1.165, 1.54) is 23.1 Å². The zero-order valence-corrected chi connectivity index (χ0v) is 17.8. The molecule has 1 amide bonds. The molecule has 9 heteroatoms. The molecule has 0 aliphatic rings. The van der Waals surface area contributed by atoms with Gasteiger partial charge >= 0.3 is 0 Å². The van der Waals surface area contributed by atoms with E-state index in [2.05, 4.69) is 38.1 Å². The molecule has 0 atom stereocenters. The molecule has 3 aromatic heterocycles. The Balaban J connectivity index is 1.35. The van der Waals surface area contributed by atoms with Crippen molar-refractivity contribution >= 4 is 66.4 Å². The van der Waals surface area contributed by atoms with Gasteiger partial charge in [0.1, 0.15) is 5.52 Å². The minimum absolute atomic E-state index is 0.142. The molecule has 150 valence electrons. The van der Waals surface area contributed by atoms with Crippen molar-refractivity contribution in [2.24, 2.45) is 0 Å². The number of aromatic nitrogens is 5. The lowest BCUT2D eigenvalue weighted by molar-refractivity contribution is -0.113. The number of anilines is 1. The first-order chi connectivity index (χ1) is 14.7. The second kappa shape index (κ2) is 8.00. The van der Waals surface area contributed by atoms with Crippen molar-refractivity contribution in [1.82, 2.24) is 24.7 Å². The van der Waals surface area contributed by atoms with Gasteiger partial charge < -0.3 is 9.88 Å². The van der Waals surface area contributed by atoms with Crippen LogP contribution in [0.3, 0.4) is 0 Å². The van der Waals surface area contributed by atoms with Crippen molar-refractivity contribution in [1.29, 1.82) is 0 Å². The van der Waals surface area contributed by atoms with Gasteiger partial charge in [0.25, 0.3) is 0 Å². The van der Waals surface area contributed by atoms with Gasteiger partial charge in [-0.15, -0.1) is 10.2 Å². The summed E-state index contributed by atoms with van der Waals surface area (Å²) in [6.07, 6.45) is 0.991. The van der Waals surface area contributed by atoms with Gasteiger partial charge in [0.15, 0.2) is 10.8 Å². The van der Waals surface area contributed by atoms with E-state index in [1.807, 2.05) is 42.5 Å². The fourth-order valence-corrected chi connectivity index (χ4v) is 4.88. The van der Waals surface area contributed by atoms with Crippen molar-refractivity contribution < 1.29 is 4.79 Å². The van der Waals surface area contributed by atoms with Gasteiger partial charge in [-0.2, -0.15) is 0 Å². The lowest BCUT2D eigenvalue weighted by atomic mass is 10.2. The molecule has 0 bridgehead atoms. The van der Waals surface area contributed by atoms with Crippen LogP contribution < -0.4 is 5.32 Å². The van der Waals surface area contributed by atoms with Crippen LogP contribution in [0.25, 0.3) is 32.3 Å². The highest BCUT2D eigenvalue weighted by Gasteiger charge is 2.15. The number of thiazole rings is 1. The van der Waals surface area contributed by atoms with Crippen LogP contribution in [0.15, 0.2) is 53.7 Å². The number of nitrogens with zero attached hydrogens (tertiary/aromatic N) is 5. The smallest absolute Gasteiger partial charge is 0.236 e. The number of hydrogen-bond acceptors (Lipinski definition) is 7. The average Bonchev–Trinajstić information content (AvgIpc) is 3.31. The lowest BCUT2D eigenvalue weighted by Crippen LogP contribution is -2.14. The molecule has 0 fully saturated rings. The van der Waals surface area contributed by atoms with Crippen LogP contribution >= 0.6 is 23.1 Å². The summed E-state index contributed by atoms with van der Waals surface area (Å²) in [7, 11) is 0. The first-order valence-electron chi connectivity index (χ1n) is 9.63. The number of thioether (sulfide) groups is 1. The highest BCUT2D eigenvalue weighted by Crippen LogP contribution is 2.28. The first-order valence-corrected chi connectivity index (χ1v) is 11.4. The maximum absolute atomic E-state index is 12.4. The molecule has 0 saturated carbocycles. The molecule has 5 rings (SSSR count). The number of fused-ring (bicyclic) bond motifs is 4. The van der Waals surface area contributed by atoms with Gasteiger partial charge in [-0.05, 0) is 24.6 Å². The molecule has 0 saturated heterocycles. The van der Waals surface area contributed by atoms with E-state index in [9.17, 15) is 4.79 Å². The Morgan fingerprint density at radius 1 is 1.10 bits per heavy atom. The molecule has 1 N–H and O–H groups in total. The van der Waals surface area contributed by atoms with E-state index in [-0.39, 0.29) is 11.7 Å². The topological polar surface area (TPSA) is 85.6 Å². The maximum Gasteiger partial charge on any atom is 0.236 e. The van der Waals surface area contributed by atoms with Crippen molar-refractivity contribution in [3.05, 3.63) is 48.5 Å². The summed E-state index contributed by atoms with van der Waals surface area (Å²) in [4.78, 5) is 21.5. The quantitative estimate of drug-likeness (QED) is 0.389. The van der Waals surface area contributed by atoms with Gasteiger partial charge in [-0.25, -0.2) is 9.97 Å². The highest BCUT2D eigenvalue weighted by atomic mass is 32.2. The van der Waals surface area contributed by atoms with Crippen molar-refractivity contribution in [2.45, 2.75) is 25.0 Å². The molecule has 5 aromatic rings. The van der Waals surface area contributed by atoms with E-state index in [4.69, 9.17) is 4.98 Å². The molecule has 3 heterocycles. The predicted octanol–water partition coefficient (Wildman–Crippen LogP) is 4.73. The van der Waals surface area contributed by atoms with Crippen LogP contribution in [0.2, 0.25) is 0 Å². The van der Waals surface area contributed by atoms with Crippen molar-refractivity contribution in [3.63, 3.8) is 0 Å². The molecule has 0 aliphatic heterocycles. The number of carbonyl (C=O) groups excluding carboxylic acids is 1. The normalized spacial score (nSPS) is 11.5. The Morgan fingerprint density at radius 2 is 1.93 bits per heavy atom. The summed E-state index contributed by atoms with van der Waals surface area (Å²) in [5, 5.41) is 13.6. The summed E-state index contributed by atoms with van der Waals surface area (Å²) < 4.78 is 3.21. The highest BCUT2D eigenvalue weighted by molar-refractivity contribution is 7.99. The van der Waals surface area contributed by atoms with Gasteiger partial charge in [-0.3, -0.25) is 4.79 Å². The standard InChI is InChI=1S/C21H18N6OS2/c1-2-11-27-15-9-5-3-7-13(15)18-19(27)24-21(26-25-18)29-12-17(28)23-20-22-14-8-4-6-10-16(14)30-20/h3-10H,2,11-12H2,1H3,(H,22,23,28). The fraction of sp³-hybridized carbons (Fsp3) is 0.190. The van der Waals surface area contributed by atoms with E-state index in [0.717, 1.165) is 45.2 Å². The molecular formula is C21H18N6OS2. The summed E-state index contributed by atoms with van der Waals surface area (Å²) in [5.74, 6) is 0.0498. The van der Waals surface area contributed by atoms with E-state index >= 15 is 0 Å². The molecular weight excluding hydrogens is 416 g/mol. The third-order valence-corrected chi connectivity index (χ3v) is 6.46. The van der Waals surface area contributed by atoms with Crippen LogP contribution in [0, 0.1) is 0 Å². The molecule has 7 nitrogen and oxygen atoms in total. The number of benzene rings is 2. The zero-order chi connectivity index (χ0) is 20.5. The largest absolute Gasteiger partial charge is 0.324 e. The van der Waals surface area contributed by atoms with E-state index < -0.39 is 0 Å². The zero-order valence-electron chi connectivity index (χ0n) is 16.2. The van der Waals surface area contributed by atoms with Crippen LogP contribution in [0.4, 0.5) is 5.13 Å².